The Hall–Kier alpha value is -2.24. The summed E-state index contributed by atoms with van der Waals surface area (Å²) in [6.45, 7) is 3.45. The summed E-state index contributed by atoms with van der Waals surface area (Å²) in [6, 6.07) is -0.911. The maximum atomic E-state index is 12.1. The predicted octanol–water partition coefficient (Wildman–Crippen LogP) is 0.995. The predicted molar refractivity (Wildman–Crippen MR) is 63.2 cm³/mol. The highest BCUT2D eigenvalue weighted by atomic mass is 16.4. The van der Waals surface area contributed by atoms with Gasteiger partial charge in [0.15, 0.2) is 0 Å². The van der Waals surface area contributed by atoms with Gasteiger partial charge in [0.2, 0.25) is 5.91 Å². The van der Waals surface area contributed by atoms with E-state index in [-0.39, 0.29) is 23.2 Å². The van der Waals surface area contributed by atoms with Gasteiger partial charge in [0.1, 0.15) is 0 Å². The number of nitrogens with zero attached hydrogens (tertiary/aromatic N) is 2. The van der Waals surface area contributed by atoms with Gasteiger partial charge in [-0.3, -0.25) is 9.69 Å². The van der Waals surface area contributed by atoms with Gasteiger partial charge in [0, 0.05) is 6.04 Å². The van der Waals surface area contributed by atoms with Gasteiger partial charge in [-0.05, 0) is 19.9 Å². The van der Waals surface area contributed by atoms with Crippen LogP contribution in [-0.4, -0.2) is 39.7 Å². The lowest BCUT2D eigenvalue weighted by molar-refractivity contribution is -0.133. The Morgan fingerprint density at radius 3 is 2.67 bits per heavy atom. The molecule has 0 aromatic carbocycles. The molecule has 2 aliphatic rings. The third-order valence-corrected chi connectivity index (χ3v) is 2.79. The van der Waals surface area contributed by atoms with Gasteiger partial charge in [-0.15, -0.1) is 0 Å². The lowest BCUT2D eigenvalue weighted by atomic mass is 9.91. The van der Waals surface area contributed by atoms with Crippen molar-refractivity contribution in [3.05, 3.63) is 23.8 Å². The molecule has 0 bridgehead atoms. The minimum Gasteiger partial charge on any atom is -0.478 e. The van der Waals surface area contributed by atoms with Crippen molar-refractivity contribution in [3.8, 4) is 0 Å². The molecule has 18 heavy (non-hydrogen) atoms. The number of hydrogen-bond donors (Lipinski definition) is 1. The molecule has 0 aromatic heterocycles. The van der Waals surface area contributed by atoms with Crippen LogP contribution in [0.1, 0.15) is 13.8 Å². The quantitative estimate of drug-likeness (QED) is 0.789. The van der Waals surface area contributed by atoms with Gasteiger partial charge in [-0.25, -0.2) is 9.59 Å². The van der Waals surface area contributed by atoms with Crippen molar-refractivity contribution in [2.45, 2.75) is 19.9 Å². The van der Waals surface area contributed by atoms with E-state index in [1.165, 1.54) is 18.2 Å². The fraction of sp³-hybridized carbons (Fsp3) is 0.333. The molecule has 1 heterocycles. The van der Waals surface area contributed by atoms with Crippen molar-refractivity contribution in [2.24, 2.45) is 10.9 Å². The molecule has 1 N–H and O–H groups in total. The number of urea groups is 1. The monoisotopic (exact) mass is 248 g/mol. The van der Waals surface area contributed by atoms with Gasteiger partial charge in [-0.2, -0.15) is 4.99 Å². The summed E-state index contributed by atoms with van der Waals surface area (Å²) in [5.74, 6) is -2.14. The van der Waals surface area contributed by atoms with Crippen LogP contribution in [0.3, 0.4) is 0 Å². The van der Waals surface area contributed by atoms with E-state index in [1.54, 1.807) is 13.8 Å². The van der Waals surface area contributed by atoms with Crippen LogP contribution in [-0.2, 0) is 9.59 Å². The van der Waals surface area contributed by atoms with Crippen molar-refractivity contribution in [1.29, 1.82) is 0 Å². The van der Waals surface area contributed by atoms with Gasteiger partial charge in [0.05, 0.1) is 17.2 Å². The summed E-state index contributed by atoms with van der Waals surface area (Å²) in [7, 11) is 0. The minimum atomic E-state index is -1.11. The first kappa shape index (κ1) is 12.2. The molecule has 6 nitrogen and oxygen atoms in total. The highest BCUT2D eigenvalue weighted by Gasteiger charge is 2.38. The first-order valence-electron chi connectivity index (χ1n) is 5.50. The van der Waals surface area contributed by atoms with E-state index < -0.39 is 17.9 Å². The summed E-state index contributed by atoms with van der Waals surface area (Å²) >= 11 is 0. The number of carboxylic acids is 1. The summed E-state index contributed by atoms with van der Waals surface area (Å²) in [5.41, 5.74) is 0.213. The number of aliphatic imine (C=N–C) groups is 1. The first-order valence-corrected chi connectivity index (χ1v) is 5.50. The molecule has 1 aliphatic heterocycles. The van der Waals surface area contributed by atoms with Crippen LogP contribution in [0.4, 0.5) is 4.79 Å². The molecule has 94 valence electrons. The third-order valence-electron chi connectivity index (χ3n) is 2.79. The summed E-state index contributed by atoms with van der Waals surface area (Å²) < 4.78 is 0. The lowest BCUT2D eigenvalue weighted by Crippen LogP contribution is -2.49. The average Bonchev–Trinajstić information content (AvgIpc) is 2.27. The zero-order valence-electron chi connectivity index (χ0n) is 9.95. The molecule has 3 amide bonds. The summed E-state index contributed by atoms with van der Waals surface area (Å²) in [5, 5.41) is 8.85. The van der Waals surface area contributed by atoms with Gasteiger partial charge in [0.25, 0.3) is 0 Å². The van der Waals surface area contributed by atoms with Crippen molar-refractivity contribution in [3.63, 3.8) is 0 Å². The number of carbonyl (C=O) groups is 3. The van der Waals surface area contributed by atoms with Crippen molar-refractivity contribution in [2.75, 3.05) is 0 Å². The normalized spacial score (nSPS) is 22.8. The van der Waals surface area contributed by atoms with Crippen LogP contribution in [0.25, 0.3) is 0 Å². The second-order valence-corrected chi connectivity index (χ2v) is 4.36. The van der Waals surface area contributed by atoms with Gasteiger partial charge < -0.3 is 5.11 Å². The molecular formula is C12H12N2O4. The average molecular weight is 248 g/mol. The number of hydrogen-bond acceptors (Lipinski definition) is 3. The second-order valence-electron chi connectivity index (χ2n) is 4.36. The van der Waals surface area contributed by atoms with E-state index in [0.29, 0.717) is 0 Å². The van der Waals surface area contributed by atoms with E-state index in [1.807, 2.05) is 0 Å². The van der Waals surface area contributed by atoms with Crippen LogP contribution in [0.5, 0.6) is 0 Å². The Labute approximate surface area is 103 Å². The van der Waals surface area contributed by atoms with Crippen LogP contribution < -0.4 is 0 Å². The van der Waals surface area contributed by atoms with Crippen molar-refractivity contribution >= 4 is 23.6 Å². The number of amides is 3. The molecule has 0 aromatic rings. The smallest absolute Gasteiger partial charge is 0.350 e. The van der Waals surface area contributed by atoms with E-state index in [0.717, 1.165) is 4.90 Å². The second kappa shape index (κ2) is 4.21. The van der Waals surface area contributed by atoms with Crippen LogP contribution >= 0.6 is 0 Å². The van der Waals surface area contributed by atoms with E-state index >= 15 is 0 Å². The minimum absolute atomic E-state index is 0.0172. The first-order chi connectivity index (χ1) is 8.41. The molecule has 0 saturated carbocycles. The number of fused-ring (bicyclic) bond motifs is 1. The zero-order chi connectivity index (χ0) is 13.4. The number of allylic oxidation sites excluding steroid dienone is 1. The molecule has 0 radical (unpaired) electrons. The molecule has 0 fully saturated rings. The Kier molecular flexibility index (Phi) is 2.86. The Bertz CT molecular complexity index is 528. The Morgan fingerprint density at radius 2 is 2.11 bits per heavy atom. The van der Waals surface area contributed by atoms with Crippen LogP contribution in [0, 0.1) is 5.92 Å². The molecule has 1 aliphatic carbocycles. The Balaban J connectivity index is 2.42. The molecular weight excluding hydrogens is 236 g/mol. The van der Waals surface area contributed by atoms with Crippen LogP contribution in [0.15, 0.2) is 28.8 Å². The molecule has 2 rings (SSSR count). The highest BCUT2D eigenvalue weighted by molar-refractivity contribution is 6.23. The SMILES string of the molecule is CC(C)N1C(=O)N=C2C=C(C(=O)O)C=CC2C1=O. The maximum Gasteiger partial charge on any atom is 0.350 e. The fourth-order valence-corrected chi connectivity index (χ4v) is 1.92. The van der Waals surface area contributed by atoms with Crippen LogP contribution in [0.2, 0.25) is 0 Å². The Morgan fingerprint density at radius 1 is 1.44 bits per heavy atom. The van der Waals surface area contributed by atoms with E-state index in [2.05, 4.69) is 4.99 Å². The summed E-state index contributed by atoms with van der Waals surface area (Å²) in [6.07, 6.45) is 4.09. The summed E-state index contributed by atoms with van der Waals surface area (Å²) in [4.78, 5) is 39.5. The van der Waals surface area contributed by atoms with E-state index in [4.69, 9.17) is 5.11 Å². The van der Waals surface area contributed by atoms with E-state index in [9.17, 15) is 14.4 Å². The molecule has 1 unspecified atom stereocenters. The van der Waals surface area contributed by atoms with Crippen molar-refractivity contribution in [1.82, 2.24) is 4.90 Å². The third kappa shape index (κ3) is 1.85. The highest BCUT2D eigenvalue weighted by Crippen LogP contribution is 2.23. The largest absolute Gasteiger partial charge is 0.478 e. The number of rotatable bonds is 2. The van der Waals surface area contributed by atoms with Gasteiger partial charge >= 0.3 is 12.0 Å². The molecule has 6 heteroatoms. The molecule has 1 atom stereocenters. The van der Waals surface area contributed by atoms with Gasteiger partial charge in [-0.1, -0.05) is 12.2 Å². The standard InChI is InChI=1S/C12H12N2O4/c1-6(2)14-10(15)8-4-3-7(11(16)17)5-9(8)13-12(14)18/h3-6,8H,1-2H3,(H,16,17). The topological polar surface area (TPSA) is 87.0 Å². The maximum absolute atomic E-state index is 12.1. The number of carbonyl (C=O) groups excluding carboxylic acids is 2. The molecule has 0 spiro atoms. The molecule has 0 saturated heterocycles. The lowest BCUT2D eigenvalue weighted by Gasteiger charge is -2.31. The number of aliphatic carboxylic acids is 1. The number of imide groups is 1. The zero-order valence-corrected chi connectivity index (χ0v) is 9.95. The van der Waals surface area contributed by atoms with Crippen molar-refractivity contribution < 1.29 is 19.5 Å². The fourth-order valence-electron chi connectivity index (χ4n) is 1.92. The number of carboxylic acid groups (broad SMARTS) is 1.